The fourth-order valence-corrected chi connectivity index (χ4v) is 2.09. The first-order chi connectivity index (χ1) is 10.9. The van der Waals surface area contributed by atoms with E-state index >= 15 is 0 Å². The first-order valence-electron chi connectivity index (χ1n) is 6.73. The van der Waals surface area contributed by atoms with Gasteiger partial charge in [0.05, 0.1) is 20.3 Å². The highest BCUT2D eigenvalue weighted by molar-refractivity contribution is 5.99. The Hall–Kier alpha value is -3.09. The number of rotatable bonds is 4. The molecule has 120 valence electrons. The number of anilines is 1. The predicted molar refractivity (Wildman–Crippen MR) is 85.0 cm³/mol. The molecule has 0 aliphatic heterocycles. The van der Waals surface area contributed by atoms with Gasteiger partial charge >= 0.3 is 11.9 Å². The molecule has 0 unspecified atom stereocenters. The lowest BCUT2D eigenvalue weighted by Gasteiger charge is -2.10. The summed E-state index contributed by atoms with van der Waals surface area (Å²) in [5.74, 6) is -1.38. The number of esters is 2. The second-order valence-corrected chi connectivity index (χ2v) is 4.77. The zero-order valence-corrected chi connectivity index (χ0v) is 12.9. The van der Waals surface area contributed by atoms with Crippen molar-refractivity contribution in [1.82, 2.24) is 4.98 Å². The molecule has 0 atom stereocenters. The number of ether oxygens (including phenoxy) is 2. The monoisotopic (exact) mass is 316 g/mol. The quantitative estimate of drug-likeness (QED) is 0.655. The summed E-state index contributed by atoms with van der Waals surface area (Å²) in [6.45, 7) is 1.81. The number of aromatic nitrogens is 1. The van der Waals surface area contributed by atoms with E-state index in [4.69, 9.17) is 0 Å². The van der Waals surface area contributed by atoms with Gasteiger partial charge in [0.25, 0.3) is 0 Å². The molecule has 1 heterocycles. The summed E-state index contributed by atoms with van der Waals surface area (Å²) < 4.78 is 9.14. The average Bonchev–Trinajstić information content (AvgIpc) is 2.53. The van der Waals surface area contributed by atoms with Crippen LogP contribution in [0.5, 0.6) is 0 Å². The largest absolute Gasteiger partial charge is 0.466 e. The zero-order valence-electron chi connectivity index (χ0n) is 12.9. The number of fused-ring (bicyclic) bond motifs is 1. The van der Waals surface area contributed by atoms with Gasteiger partial charge in [-0.15, -0.1) is 0 Å². The number of pyridine rings is 1. The number of hydrogen-bond donors (Lipinski definition) is 2. The Bertz CT molecular complexity index is 851. The predicted octanol–water partition coefficient (Wildman–Crippen LogP) is 1.48. The van der Waals surface area contributed by atoms with Crippen molar-refractivity contribution >= 4 is 28.5 Å². The van der Waals surface area contributed by atoms with Crippen LogP contribution in [0.3, 0.4) is 0 Å². The first-order valence-corrected chi connectivity index (χ1v) is 6.73. The molecule has 0 aliphatic rings. The number of methoxy groups -OCH3 is 2. The van der Waals surface area contributed by atoms with E-state index in [1.54, 1.807) is 18.2 Å². The van der Waals surface area contributed by atoms with Crippen LogP contribution >= 0.6 is 0 Å². The molecular formula is C16H16N2O5. The highest BCUT2D eigenvalue weighted by Crippen LogP contribution is 2.20. The Morgan fingerprint density at radius 3 is 2.57 bits per heavy atom. The SMILES string of the molecule is COC(=O)/C=C(/Nc1ccc2[nH]c(=O)cc(C)c2c1)C(=O)OC. The number of hydrogen-bond acceptors (Lipinski definition) is 6. The van der Waals surface area contributed by atoms with Crippen molar-refractivity contribution in [2.45, 2.75) is 6.92 Å². The molecule has 2 N–H and O–H groups in total. The van der Waals surface area contributed by atoms with Crippen molar-refractivity contribution in [2.75, 3.05) is 19.5 Å². The molecule has 7 heteroatoms. The van der Waals surface area contributed by atoms with Gasteiger partial charge in [-0.25, -0.2) is 9.59 Å². The van der Waals surface area contributed by atoms with E-state index in [1.807, 2.05) is 6.92 Å². The molecule has 23 heavy (non-hydrogen) atoms. The second-order valence-electron chi connectivity index (χ2n) is 4.77. The summed E-state index contributed by atoms with van der Waals surface area (Å²) in [5.41, 5.74) is 1.80. The van der Waals surface area contributed by atoms with E-state index in [2.05, 4.69) is 19.8 Å². The molecule has 0 radical (unpaired) electrons. The van der Waals surface area contributed by atoms with Crippen LogP contribution in [0.2, 0.25) is 0 Å². The lowest BCUT2D eigenvalue weighted by Crippen LogP contribution is -2.15. The molecule has 0 amide bonds. The molecule has 7 nitrogen and oxygen atoms in total. The summed E-state index contributed by atoms with van der Waals surface area (Å²) in [5, 5.41) is 3.64. The zero-order chi connectivity index (χ0) is 17.0. The highest BCUT2D eigenvalue weighted by Gasteiger charge is 2.13. The Kier molecular flexibility index (Phi) is 4.80. The van der Waals surface area contributed by atoms with Crippen LogP contribution in [0.25, 0.3) is 10.9 Å². The van der Waals surface area contributed by atoms with Crippen molar-refractivity contribution in [2.24, 2.45) is 0 Å². The minimum Gasteiger partial charge on any atom is -0.466 e. The maximum Gasteiger partial charge on any atom is 0.354 e. The van der Waals surface area contributed by atoms with Crippen molar-refractivity contribution < 1.29 is 19.1 Å². The molecule has 1 aromatic heterocycles. The third-order valence-electron chi connectivity index (χ3n) is 3.20. The molecule has 2 rings (SSSR count). The van der Waals surface area contributed by atoms with E-state index in [1.165, 1.54) is 20.3 Å². The van der Waals surface area contributed by atoms with Crippen LogP contribution in [0.1, 0.15) is 5.56 Å². The first kappa shape index (κ1) is 16.3. The van der Waals surface area contributed by atoms with Gasteiger partial charge in [-0.3, -0.25) is 4.79 Å². The Labute approximate surface area is 131 Å². The van der Waals surface area contributed by atoms with Gasteiger partial charge in [-0.05, 0) is 30.7 Å². The summed E-state index contributed by atoms with van der Waals surface area (Å²) in [4.78, 5) is 37.3. The van der Waals surface area contributed by atoms with Crippen LogP contribution in [-0.2, 0) is 19.1 Å². The average molecular weight is 316 g/mol. The van der Waals surface area contributed by atoms with Crippen molar-refractivity contribution in [1.29, 1.82) is 0 Å². The molecule has 0 aliphatic carbocycles. The van der Waals surface area contributed by atoms with Crippen LogP contribution < -0.4 is 10.9 Å². The number of H-pyrrole nitrogens is 1. The van der Waals surface area contributed by atoms with Crippen LogP contribution in [0.15, 0.2) is 40.8 Å². The van der Waals surface area contributed by atoms with Crippen LogP contribution in [-0.4, -0.2) is 31.1 Å². The molecule has 2 aromatic rings. The summed E-state index contributed by atoms with van der Waals surface area (Å²) in [6.07, 6.45) is 1.01. The molecule has 0 saturated carbocycles. The number of aromatic amines is 1. The van der Waals surface area contributed by atoms with E-state index < -0.39 is 11.9 Å². The fraction of sp³-hybridized carbons (Fsp3) is 0.188. The molecule has 0 spiro atoms. The minimum atomic E-state index is -0.700. The standard InChI is InChI=1S/C16H16N2O5/c1-9-6-14(19)18-12-5-4-10(7-11(9)12)17-13(16(21)23-3)8-15(20)22-2/h4-8,17H,1-3H3,(H,18,19)/b13-8+. The Balaban J connectivity index is 2.42. The lowest BCUT2D eigenvalue weighted by molar-refractivity contribution is -0.138. The van der Waals surface area contributed by atoms with Gasteiger partial charge in [-0.1, -0.05) is 0 Å². The van der Waals surface area contributed by atoms with E-state index in [0.29, 0.717) is 11.2 Å². The van der Waals surface area contributed by atoms with Gasteiger partial charge in [0.1, 0.15) is 5.70 Å². The van der Waals surface area contributed by atoms with Crippen LogP contribution in [0, 0.1) is 6.92 Å². The third-order valence-corrected chi connectivity index (χ3v) is 3.20. The maximum atomic E-state index is 11.7. The fourth-order valence-electron chi connectivity index (χ4n) is 2.09. The molecule has 0 fully saturated rings. The van der Waals surface area contributed by atoms with E-state index in [0.717, 1.165) is 17.0 Å². The van der Waals surface area contributed by atoms with E-state index in [9.17, 15) is 14.4 Å². The number of carbonyl (C=O) groups is 2. The van der Waals surface area contributed by atoms with Crippen molar-refractivity contribution in [3.05, 3.63) is 52.0 Å². The van der Waals surface area contributed by atoms with Crippen molar-refractivity contribution in [3.8, 4) is 0 Å². The van der Waals surface area contributed by atoms with Gasteiger partial charge in [-0.2, -0.15) is 0 Å². The lowest BCUT2D eigenvalue weighted by atomic mass is 10.1. The van der Waals surface area contributed by atoms with Crippen LogP contribution in [0.4, 0.5) is 5.69 Å². The van der Waals surface area contributed by atoms with Gasteiger partial charge < -0.3 is 19.8 Å². The van der Waals surface area contributed by atoms with Gasteiger partial charge in [0, 0.05) is 22.7 Å². The summed E-state index contributed by atoms with van der Waals surface area (Å²) in [7, 11) is 2.42. The smallest absolute Gasteiger partial charge is 0.354 e. The Morgan fingerprint density at radius 1 is 1.17 bits per heavy atom. The number of nitrogens with one attached hydrogen (secondary N) is 2. The van der Waals surface area contributed by atoms with E-state index in [-0.39, 0.29) is 11.3 Å². The molecular weight excluding hydrogens is 300 g/mol. The maximum absolute atomic E-state index is 11.7. The molecule has 0 saturated heterocycles. The van der Waals surface area contributed by atoms with Crippen molar-refractivity contribution in [3.63, 3.8) is 0 Å². The summed E-state index contributed by atoms with van der Waals surface area (Å²) in [6, 6.07) is 6.62. The highest BCUT2D eigenvalue weighted by atomic mass is 16.5. The number of benzene rings is 1. The summed E-state index contributed by atoms with van der Waals surface area (Å²) >= 11 is 0. The Morgan fingerprint density at radius 2 is 1.91 bits per heavy atom. The number of aryl methyl sites for hydroxylation is 1. The second kappa shape index (κ2) is 6.78. The third kappa shape index (κ3) is 3.76. The molecule has 0 bridgehead atoms. The number of carbonyl (C=O) groups excluding carboxylic acids is 2. The minimum absolute atomic E-state index is 0.0548. The normalized spacial score (nSPS) is 11.2. The van der Waals surface area contributed by atoms with Gasteiger partial charge in [0.2, 0.25) is 5.56 Å². The topological polar surface area (TPSA) is 97.5 Å². The van der Waals surface area contributed by atoms with Gasteiger partial charge in [0.15, 0.2) is 0 Å². The molecule has 1 aromatic carbocycles.